The standard InChI is InChI=1S/C29H29N7O3.ClH/c1-38-25-13-18(11-20-16-34-29(31)35-28(20)30)12-23(27(25)39-2)24(8-10-37)36-9-7-19-5-3-4-6-22(19)26(36)21-14-32-17-33-15-21;/h3-6,8,10,12-17,26H,7,9,11H2,1-2H3,(H4,30,31,34,35);1H. The lowest BCUT2D eigenvalue weighted by molar-refractivity contribution is -0.104. The quantitative estimate of drug-likeness (QED) is 0.242. The Hall–Kier alpha value is -4.70. The minimum Gasteiger partial charge on any atom is -0.493 e. The summed E-state index contributed by atoms with van der Waals surface area (Å²) in [5.74, 6) is 1.45. The molecule has 1 aliphatic rings. The first-order valence-electron chi connectivity index (χ1n) is 12.4. The van der Waals surface area contributed by atoms with Crippen LogP contribution in [-0.2, 0) is 17.6 Å². The first-order valence-corrected chi connectivity index (χ1v) is 12.4. The lowest BCUT2D eigenvalue weighted by Crippen LogP contribution is -2.35. The molecule has 3 heterocycles. The molecule has 1 unspecified atom stereocenters. The van der Waals surface area contributed by atoms with Crippen molar-refractivity contribution in [1.82, 2.24) is 24.8 Å². The number of hydrogen-bond donors (Lipinski definition) is 2. The van der Waals surface area contributed by atoms with E-state index in [0.717, 1.165) is 35.0 Å². The van der Waals surface area contributed by atoms with Gasteiger partial charge in [-0.1, -0.05) is 24.3 Å². The van der Waals surface area contributed by atoms with E-state index in [4.69, 9.17) is 20.9 Å². The molecular weight excluding hydrogens is 530 g/mol. The van der Waals surface area contributed by atoms with Crippen LogP contribution in [0.5, 0.6) is 11.5 Å². The van der Waals surface area contributed by atoms with Crippen LogP contribution in [0.4, 0.5) is 11.8 Å². The molecule has 1 atom stereocenters. The summed E-state index contributed by atoms with van der Waals surface area (Å²) < 4.78 is 11.6. The monoisotopic (exact) mass is 559 g/mol. The molecule has 0 amide bonds. The summed E-state index contributed by atoms with van der Waals surface area (Å²) in [6, 6.07) is 11.9. The topological polar surface area (TPSA) is 142 Å². The summed E-state index contributed by atoms with van der Waals surface area (Å²) >= 11 is 0. The number of carbonyl (C=O) groups is 1. The highest BCUT2D eigenvalue weighted by molar-refractivity contribution is 5.85. The third kappa shape index (κ3) is 5.52. The van der Waals surface area contributed by atoms with Crippen LogP contribution in [0, 0.1) is 0 Å². The minimum atomic E-state index is -0.220. The van der Waals surface area contributed by atoms with Crippen LogP contribution in [0.15, 0.2) is 67.4 Å². The Morgan fingerprint density at radius 2 is 1.88 bits per heavy atom. The van der Waals surface area contributed by atoms with Crippen LogP contribution in [0.2, 0.25) is 0 Å². The van der Waals surface area contributed by atoms with Gasteiger partial charge in [0.05, 0.1) is 26.0 Å². The van der Waals surface area contributed by atoms with Gasteiger partial charge in [-0.05, 0) is 35.2 Å². The van der Waals surface area contributed by atoms with E-state index in [2.05, 4.69) is 37.0 Å². The zero-order chi connectivity index (χ0) is 27.4. The predicted molar refractivity (Wildman–Crippen MR) is 155 cm³/mol. The predicted octanol–water partition coefficient (Wildman–Crippen LogP) is 3.65. The first kappa shape index (κ1) is 28.3. The van der Waals surface area contributed by atoms with Crippen molar-refractivity contribution in [2.24, 2.45) is 0 Å². The fourth-order valence-electron chi connectivity index (χ4n) is 5.15. The number of aldehydes is 1. The SMILES string of the molecule is COc1cc(Cc2cnc(N)nc2N)cc(C(=CC=O)N2CCc3ccccc3C2c2cncnc2)c1OC.Cl. The average Bonchev–Trinajstić information content (AvgIpc) is 2.96. The molecule has 206 valence electrons. The number of aromatic nitrogens is 4. The number of fused-ring (bicyclic) bond motifs is 1. The molecule has 40 heavy (non-hydrogen) atoms. The molecule has 2 aromatic heterocycles. The molecule has 0 aliphatic carbocycles. The highest BCUT2D eigenvalue weighted by Gasteiger charge is 2.32. The second kappa shape index (κ2) is 12.4. The molecule has 2 aromatic carbocycles. The van der Waals surface area contributed by atoms with Gasteiger partial charge in [-0.3, -0.25) is 4.79 Å². The zero-order valence-electron chi connectivity index (χ0n) is 22.2. The van der Waals surface area contributed by atoms with E-state index in [1.54, 1.807) is 26.5 Å². The lowest BCUT2D eigenvalue weighted by atomic mass is 9.87. The average molecular weight is 560 g/mol. The molecule has 1 aliphatic heterocycles. The van der Waals surface area contributed by atoms with Gasteiger partial charge in [0.15, 0.2) is 11.5 Å². The van der Waals surface area contributed by atoms with Crippen molar-refractivity contribution in [3.63, 3.8) is 0 Å². The van der Waals surface area contributed by atoms with E-state index in [9.17, 15) is 4.79 Å². The number of nitrogen functional groups attached to an aromatic ring is 2. The van der Waals surface area contributed by atoms with Gasteiger partial charge in [-0.2, -0.15) is 4.98 Å². The summed E-state index contributed by atoms with van der Waals surface area (Å²) in [6.07, 6.45) is 10.3. The number of allylic oxidation sites excluding steroid dienone is 1. The van der Waals surface area contributed by atoms with Crippen molar-refractivity contribution in [3.8, 4) is 11.5 Å². The van der Waals surface area contributed by atoms with E-state index >= 15 is 0 Å². The molecule has 0 fully saturated rings. The Kier molecular flexibility index (Phi) is 8.80. The third-order valence-corrected chi connectivity index (χ3v) is 6.84. The molecular formula is C29H30ClN7O3. The Labute approximate surface area is 238 Å². The number of carbonyl (C=O) groups excluding carboxylic acids is 1. The maximum absolute atomic E-state index is 12.1. The van der Waals surface area contributed by atoms with Crippen LogP contribution in [-0.4, -0.2) is 51.9 Å². The van der Waals surface area contributed by atoms with E-state index in [1.807, 2.05) is 36.7 Å². The second-order valence-corrected chi connectivity index (χ2v) is 9.10. The molecule has 0 radical (unpaired) electrons. The fraction of sp³-hybridized carbons (Fsp3) is 0.207. The number of rotatable bonds is 8. The van der Waals surface area contributed by atoms with Gasteiger partial charge >= 0.3 is 0 Å². The van der Waals surface area contributed by atoms with Crippen molar-refractivity contribution in [2.45, 2.75) is 18.9 Å². The Bertz CT molecular complexity index is 1530. The molecule has 10 nitrogen and oxygen atoms in total. The lowest BCUT2D eigenvalue weighted by Gasteiger charge is -2.40. The van der Waals surface area contributed by atoms with Crippen molar-refractivity contribution < 1.29 is 14.3 Å². The van der Waals surface area contributed by atoms with Crippen molar-refractivity contribution in [3.05, 3.63) is 101 Å². The fourth-order valence-corrected chi connectivity index (χ4v) is 5.15. The summed E-state index contributed by atoms with van der Waals surface area (Å²) in [6.45, 7) is 0.657. The Morgan fingerprint density at radius 1 is 1.10 bits per heavy atom. The number of nitrogens with two attached hydrogens (primary N) is 2. The minimum absolute atomic E-state index is 0. The van der Waals surface area contributed by atoms with E-state index < -0.39 is 0 Å². The van der Waals surface area contributed by atoms with Crippen LogP contribution in [0.25, 0.3) is 5.70 Å². The molecule has 4 aromatic rings. The Balaban J connectivity index is 0.00000370. The number of methoxy groups -OCH3 is 2. The smallest absolute Gasteiger partial charge is 0.221 e. The molecule has 11 heteroatoms. The number of hydrogen-bond acceptors (Lipinski definition) is 10. The van der Waals surface area contributed by atoms with Gasteiger partial charge in [0.25, 0.3) is 0 Å². The maximum Gasteiger partial charge on any atom is 0.221 e. The molecule has 0 saturated heterocycles. The van der Waals surface area contributed by atoms with Crippen molar-refractivity contribution in [2.75, 3.05) is 32.2 Å². The second-order valence-electron chi connectivity index (χ2n) is 9.10. The van der Waals surface area contributed by atoms with Gasteiger partial charge in [0.1, 0.15) is 18.4 Å². The van der Waals surface area contributed by atoms with Gasteiger partial charge < -0.3 is 25.8 Å². The normalized spacial score (nSPS) is 14.6. The summed E-state index contributed by atoms with van der Waals surface area (Å²) in [5, 5.41) is 0. The number of benzene rings is 2. The summed E-state index contributed by atoms with van der Waals surface area (Å²) in [5.41, 5.74) is 18.1. The van der Waals surface area contributed by atoms with Gasteiger partial charge in [0.2, 0.25) is 5.95 Å². The van der Waals surface area contributed by atoms with Crippen LogP contribution in [0.1, 0.15) is 39.4 Å². The van der Waals surface area contributed by atoms with Gasteiger partial charge in [-0.25, -0.2) is 15.0 Å². The largest absolute Gasteiger partial charge is 0.493 e. The molecule has 4 N–H and O–H groups in total. The molecule has 5 rings (SSSR count). The third-order valence-electron chi connectivity index (χ3n) is 6.84. The van der Waals surface area contributed by atoms with Crippen LogP contribution < -0.4 is 20.9 Å². The maximum atomic E-state index is 12.1. The number of nitrogens with zero attached hydrogens (tertiary/aromatic N) is 5. The summed E-state index contributed by atoms with van der Waals surface area (Å²) in [4.78, 5) is 31.0. The van der Waals surface area contributed by atoms with Gasteiger partial charge in [0, 0.05) is 54.3 Å². The van der Waals surface area contributed by atoms with Gasteiger partial charge in [-0.15, -0.1) is 12.4 Å². The first-order chi connectivity index (χ1) is 19.0. The zero-order valence-corrected chi connectivity index (χ0v) is 23.0. The highest BCUT2D eigenvalue weighted by Crippen LogP contribution is 2.44. The number of anilines is 2. The van der Waals surface area contributed by atoms with Crippen molar-refractivity contribution >= 4 is 36.2 Å². The molecule has 0 spiro atoms. The van der Waals surface area contributed by atoms with E-state index in [-0.39, 0.29) is 24.4 Å². The van der Waals surface area contributed by atoms with E-state index in [1.165, 1.54) is 11.9 Å². The summed E-state index contributed by atoms with van der Waals surface area (Å²) in [7, 11) is 3.16. The van der Waals surface area contributed by atoms with E-state index in [0.29, 0.717) is 41.5 Å². The molecule has 0 saturated carbocycles. The highest BCUT2D eigenvalue weighted by atomic mass is 35.5. The van der Waals surface area contributed by atoms with Crippen molar-refractivity contribution in [1.29, 1.82) is 0 Å². The van der Waals surface area contributed by atoms with Crippen LogP contribution >= 0.6 is 12.4 Å². The van der Waals surface area contributed by atoms with Crippen LogP contribution in [0.3, 0.4) is 0 Å². The molecule has 0 bridgehead atoms. The number of ether oxygens (including phenoxy) is 2. The number of halogens is 1. The Morgan fingerprint density at radius 3 is 2.58 bits per heavy atom.